The van der Waals surface area contributed by atoms with Gasteiger partial charge in [0.15, 0.2) is 0 Å². The van der Waals surface area contributed by atoms with Gasteiger partial charge in [-0.3, -0.25) is 0 Å². The summed E-state index contributed by atoms with van der Waals surface area (Å²) in [7, 11) is 0. The van der Waals surface area contributed by atoms with Crippen molar-refractivity contribution < 1.29 is 8.78 Å². The van der Waals surface area contributed by atoms with E-state index in [1.54, 1.807) is 6.92 Å². The van der Waals surface area contributed by atoms with Crippen LogP contribution in [0.2, 0.25) is 0 Å². The second-order valence-electron chi connectivity index (χ2n) is 3.79. The van der Waals surface area contributed by atoms with Crippen LogP contribution in [0.3, 0.4) is 0 Å². The smallest absolute Gasteiger partial charge is 0.131 e. The Labute approximate surface area is 82.1 Å². The van der Waals surface area contributed by atoms with Gasteiger partial charge in [-0.2, -0.15) is 0 Å². The molecule has 3 heteroatoms. The number of halogens is 2. The molecule has 0 amide bonds. The minimum absolute atomic E-state index is 0.143. The summed E-state index contributed by atoms with van der Waals surface area (Å²) in [5.74, 6) is -0.858. The van der Waals surface area contributed by atoms with Crippen LogP contribution in [0.1, 0.15) is 30.0 Å². The summed E-state index contributed by atoms with van der Waals surface area (Å²) >= 11 is 0. The van der Waals surface area contributed by atoms with E-state index in [1.165, 1.54) is 12.1 Å². The van der Waals surface area contributed by atoms with E-state index in [0.29, 0.717) is 5.56 Å². The minimum atomic E-state index is -0.429. The van der Waals surface area contributed by atoms with Gasteiger partial charge in [0.25, 0.3) is 0 Å². The average molecular weight is 197 g/mol. The molecule has 76 valence electrons. The Hall–Kier alpha value is -0.960. The van der Waals surface area contributed by atoms with Crippen LogP contribution in [0.25, 0.3) is 0 Å². The average Bonchev–Trinajstić information content (AvgIpc) is 2.54. The van der Waals surface area contributed by atoms with E-state index >= 15 is 0 Å². The highest BCUT2D eigenvalue weighted by atomic mass is 19.1. The molecular weight excluding hydrogens is 184 g/mol. The van der Waals surface area contributed by atoms with Crippen molar-refractivity contribution in [1.82, 2.24) is 5.32 Å². The lowest BCUT2D eigenvalue weighted by Gasteiger charge is -2.13. The zero-order valence-electron chi connectivity index (χ0n) is 8.11. The molecule has 1 N–H and O–H groups in total. The van der Waals surface area contributed by atoms with Crippen LogP contribution in [0.5, 0.6) is 0 Å². The Bertz CT molecular complexity index is 320. The van der Waals surface area contributed by atoms with E-state index in [4.69, 9.17) is 0 Å². The van der Waals surface area contributed by atoms with E-state index in [-0.39, 0.29) is 11.6 Å². The largest absolute Gasteiger partial charge is 0.310 e. The molecule has 0 bridgehead atoms. The van der Waals surface area contributed by atoms with Gasteiger partial charge in [0.2, 0.25) is 0 Å². The molecule has 1 aromatic rings. The molecule has 0 spiro atoms. The Morgan fingerprint density at radius 2 is 1.93 bits per heavy atom. The highest BCUT2D eigenvalue weighted by Gasteiger charge is 2.23. The molecule has 0 saturated carbocycles. The van der Waals surface area contributed by atoms with E-state index < -0.39 is 11.6 Å². The van der Waals surface area contributed by atoms with Crippen molar-refractivity contribution in [2.24, 2.45) is 0 Å². The van der Waals surface area contributed by atoms with Gasteiger partial charge >= 0.3 is 0 Å². The minimum Gasteiger partial charge on any atom is -0.310 e. The lowest BCUT2D eigenvalue weighted by Crippen LogP contribution is -2.16. The lowest BCUT2D eigenvalue weighted by atomic mass is 10.0. The number of aryl methyl sites for hydroxylation is 1. The van der Waals surface area contributed by atoms with Crippen LogP contribution >= 0.6 is 0 Å². The molecule has 1 unspecified atom stereocenters. The Morgan fingerprint density at radius 1 is 1.29 bits per heavy atom. The second-order valence-corrected chi connectivity index (χ2v) is 3.79. The van der Waals surface area contributed by atoms with Crippen molar-refractivity contribution >= 4 is 0 Å². The second kappa shape index (κ2) is 3.65. The zero-order chi connectivity index (χ0) is 10.1. The Kier molecular flexibility index (Phi) is 2.50. The molecule has 0 aromatic heterocycles. The maximum absolute atomic E-state index is 13.5. The molecular formula is C11H13F2N. The first-order valence-electron chi connectivity index (χ1n) is 4.87. The van der Waals surface area contributed by atoms with Crippen LogP contribution in [0.4, 0.5) is 8.78 Å². The predicted octanol–water partition coefficient (Wildman–Crippen LogP) is 2.70. The third kappa shape index (κ3) is 1.64. The first kappa shape index (κ1) is 9.59. The van der Waals surface area contributed by atoms with Gasteiger partial charge in [0, 0.05) is 11.6 Å². The van der Waals surface area contributed by atoms with Crippen molar-refractivity contribution in [3.63, 3.8) is 0 Å². The molecule has 0 aliphatic carbocycles. The first-order chi connectivity index (χ1) is 6.68. The number of hydrogen-bond donors (Lipinski definition) is 1. The van der Waals surface area contributed by atoms with Gasteiger partial charge in [-0.05, 0) is 44.0 Å². The maximum Gasteiger partial charge on any atom is 0.131 e. The number of hydrogen-bond acceptors (Lipinski definition) is 1. The summed E-state index contributed by atoms with van der Waals surface area (Å²) in [6.07, 6.45) is 1.80. The van der Waals surface area contributed by atoms with Gasteiger partial charge in [-0.25, -0.2) is 8.78 Å². The standard InChI is InChI=1S/C11H13F2N/c1-7-5-8(12)11(9(13)6-7)10-3-2-4-14-10/h5-6,10,14H,2-4H2,1H3. The molecule has 1 atom stereocenters. The zero-order valence-corrected chi connectivity index (χ0v) is 8.11. The monoisotopic (exact) mass is 197 g/mol. The summed E-state index contributed by atoms with van der Waals surface area (Å²) < 4.78 is 27.0. The van der Waals surface area contributed by atoms with Crippen molar-refractivity contribution in [3.05, 3.63) is 34.9 Å². The SMILES string of the molecule is Cc1cc(F)c(C2CCCN2)c(F)c1. The summed E-state index contributed by atoms with van der Waals surface area (Å²) in [6, 6.07) is 2.63. The molecule has 1 saturated heterocycles. The number of rotatable bonds is 1. The molecule has 1 fully saturated rings. The van der Waals surface area contributed by atoms with Gasteiger partial charge < -0.3 is 5.32 Å². The first-order valence-corrected chi connectivity index (χ1v) is 4.87. The van der Waals surface area contributed by atoms with Gasteiger partial charge in [0.1, 0.15) is 11.6 Å². The van der Waals surface area contributed by atoms with Crippen LogP contribution < -0.4 is 5.32 Å². The van der Waals surface area contributed by atoms with E-state index in [0.717, 1.165) is 19.4 Å². The van der Waals surface area contributed by atoms with E-state index in [2.05, 4.69) is 5.32 Å². The quantitative estimate of drug-likeness (QED) is 0.729. The molecule has 1 aliphatic rings. The molecule has 0 radical (unpaired) electrons. The fraction of sp³-hybridized carbons (Fsp3) is 0.455. The van der Waals surface area contributed by atoms with Crippen LogP contribution in [-0.4, -0.2) is 6.54 Å². The maximum atomic E-state index is 13.5. The normalized spacial score (nSPS) is 21.5. The molecule has 1 heterocycles. The summed E-state index contributed by atoms with van der Waals surface area (Å²) in [5.41, 5.74) is 0.829. The molecule has 1 nitrogen and oxygen atoms in total. The lowest BCUT2D eigenvalue weighted by molar-refractivity contribution is 0.506. The molecule has 14 heavy (non-hydrogen) atoms. The van der Waals surface area contributed by atoms with Crippen molar-refractivity contribution in [1.29, 1.82) is 0 Å². The highest BCUT2D eigenvalue weighted by molar-refractivity contribution is 5.28. The Morgan fingerprint density at radius 3 is 2.43 bits per heavy atom. The molecule has 1 aliphatic heterocycles. The summed E-state index contributed by atoms with van der Waals surface area (Å²) in [5, 5.41) is 3.09. The van der Waals surface area contributed by atoms with Crippen LogP contribution in [0, 0.1) is 18.6 Å². The van der Waals surface area contributed by atoms with Crippen molar-refractivity contribution in [2.75, 3.05) is 6.54 Å². The van der Waals surface area contributed by atoms with Crippen LogP contribution in [0.15, 0.2) is 12.1 Å². The van der Waals surface area contributed by atoms with E-state index in [1.807, 2.05) is 0 Å². The summed E-state index contributed by atoms with van der Waals surface area (Å²) in [6.45, 7) is 2.54. The highest BCUT2D eigenvalue weighted by Crippen LogP contribution is 2.28. The number of nitrogens with one attached hydrogen (secondary N) is 1. The third-order valence-electron chi connectivity index (χ3n) is 2.63. The third-order valence-corrected chi connectivity index (χ3v) is 2.63. The molecule has 2 rings (SSSR count). The van der Waals surface area contributed by atoms with E-state index in [9.17, 15) is 8.78 Å². The van der Waals surface area contributed by atoms with Gasteiger partial charge in [-0.1, -0.05) is 0 Å². The van der Waals surface area contributed by atoms with Crippen molar-refractivity contribution in [2.45, 2.75) is 25.8 Å². The van der Waals surface area contributed by atoms with Crippen LogP contribution in [-0.2, 0) is 0 Å². The van der Waals surface area contributed by atoms with Gasteiger partial charge in [0.05, 0.1) is 0 Å². The predicted molar refractivity (Wildman–Crippen MR) is 51.1 cm³/mol. The van der Waals surface area contributed by atoms with Gasteiger partial charge in [-0.15, -0.1) is 0 Å². The Balaban J connectivity index is 2.40. The fourth-order valence-corrected chi connectivity index (χ4v) is 1.97. The fourth-order valence-electron chi connectivity index (χ4n) is 1.97. The topological polar surface area (TPSA) is 12.0 Å². The summed E-state index contributed by atoms with van der Waals surface area (Å²) in [4.78, 5) is 0. The number of benzene rings is 1. The molecule has 1 aromatic carbocycles. The van der Waals surface area contributed by atoms with Crippen molar-refractivity contribution in [3.8, 4) is 0 Å².